The summed E-state index contributed by atoms with van der Waals surface area (Å²) in [6.07, 6.45) is 0. The summed E-state index contributed by atoms with van der Waals surface area (Å²) in [5, 5.41) is 15.4. The maximum atomic E-state index is 5.47. The number of nitrogens with zero attached hydrogens (tertiary/aromatic N) is 4. The average molecular weight is 813 g/mol. The van der Waals surface area contributed by atoms with E-state index in [2.05, 4.69) is 218 Å². The van der Waals surface area contributed by atoms with E-state index in [1.165, 1.54) is 54.0 Å². The van der Waals surface area contributed by atoms with E-state index in [0.717, 1.165) is 60.6 Å². The molecule has 0 saturated carbocycles. The van der Waals surface area contributed by atoms with E-state index in [4.69, 9.17) is 19.9 Å². The molecule has 0 spiro atoms. The minimum atomic E-state index is 0.603. The predicted molar refractivity (Wildman–Crippen MR) is 267 cm³/mol. The quantitative estimate of drug-likeness (QED) is 0.162. The minimum absolute atomic E-state index is 0.603. The summed E-state index contributed by atoms with van der Waals surface area (Å²) in [5.41, 5.74) is 7.95. The van der Waals surface area contributed by atoms with Crippen molar-refractivity contribution in [3.05, 3.63) is 218 Å². The van der Waals surface area contributed by atoms with Gasteiger partial charge in [-0.15, -0.1) is 0 Å². The molecule has 13 rings (SSSR count). The molecule has 0 aliphatic carbocycles. The topological polar surface area (TPSA) is 51.6 Å². The lowest BCUT2D eigenvalue weighted by molar-refractivity contribution is 1.08. The Balaban J connectivity index is 0.977. The lowest BCUT2D eigenvalue weighted by atomic mass is 9.92. The SMILES string of the molecule is c1cc(-c2nc(-c3ccc4ccccc4c3)nc(-c3ccc4ccccc4c3)n2)cc(-c2nc3ccc(-c4ccc5c(ccc6ccccc65)c4)cc3c3c2ccc2ccccc23)c1. The molecule has 296 valence electrons. The molecule has 4 heteroatoms. The highest BCUT2D eigenvalue weighted by Gasteiger charge is 2.18. The molecule has 0 atom stereocenters. The van der Waals surface area contributed by atoms with Crippen LogP contribution in [0.25, 0.3) is 132 Å². The standard InChI is InChI=1S/C60H36N4/c1-3-14-41-33-48(24-20-37(41)10-1)59-62-58(63-60(64-59)49-25-21-38-11-2-4-15-42(38)34-49)47-17-9-16-46(35-47)57-53-30-26-40-13-6-8-19-52(40)56(53)54-36-44(28-31-55(54)61-57)43-27-29-51-45(32-43)23-22-39-12-5-7-18-50(39)51/h1-36H. The van der Waals surface area contributed by atoms with E-state index in [0.29, 0.717) is 17.5 Å². The van der Waals surface area contributed by atoms with Crippen LogP contribution in [0.1, 0.15) is 0 Å². The Morgan fingerprint density at radius 1 is 0.219 bits per heavy atom. The first kappa shape index (κ1) is 36.1. The molecule has 13 aromatic rings. The van der Waals surface area contributed by atoms with Crippen LogP contribution in [0.4, 0.5) is 0 Å². The molecule has 11 aromatic carbocycles. The summed E-state index contributed by atoms with van der Waals surface area (Å²) in [4.78, 5) is 21.0. The normalized spacial score (nSPS) is 11.8. The molecular weight excluding hydrogens is 777 g/mol. The number of hydrogen-bond donors (Lipinski definition) is 0. The molecule has 0 N–H and O–H groups in total. The molecule has 2 aromatic heterocycles. The van der Waals surface area contributed by atoms with Crippen LogP contribution >= 0.6 is 0 Å². The van der Waals surface area contributed by atoms with Crippen molar-refractivity contribution in [1.82, 2.24) is 19.9 Å². The summed E-state index contributed by atoms with van der Waals surface area (Å²) in [6.45, 7) is 0. The van der Waals surface area contributed by atoms with Crippen molar-refractivity contribution in [1.29, 1.82) is 0 Å². The summed E-state index contributed by atoms with van der Waals surface area (Å²) in [5.74, 6) is 1.85. The molecule has 0 amide bonds. The van der Waals surface area contributed by atoms with E-state index in [1.54, 1.807) is 0 Å². The lowest BCUT2D eigenvalue weighted by Gasteiger charge is -2.15. The summed E-state index contributed by atoms with van der Waals surface area (Å²) in [6, 6.07) is 77.8. The second-order valence-electron chi connectivity index (χ2n) is 16.6. The second-order valence-corrected chi connectivity index (χ2v) is 16.6. The molecule has 0 fully saturated rings. The fourth-order valence-corrected chi connectivity index (χ4v) is 9.59. The van der Waals surface area contributed by atoms with Crippen molar-refractivity contribution in [2.24, 2.45) is 0 Å². The van der Waals surface area contributed by atoms with Crippen molar-refractivity contribution < 1.29 is 0 Å². The van der Waals surface area contributed by atoms with Crippen LogP contribution < -0.4 is 0 Å². The van der Waals surface area contributed by atoms with Gasteiger partial charge in [0, 0.05) is 38.4 Å². The van der Waals surface area contributed by atoms with Gasteiger partial charge in [0.1, 0.15) is 0 Å². The molecule has 0 saturated heterocycles. The average Bonchev–Trinajstić information content (AvgIpc) is 3.37. The third kappa shape index (κ3) is 6.07. The van der Waals surface area contributed by atoms with Gasteiger partial charge in [-0.05, 0) is 101 Å². The van der Waals surface area contributed by atoms with E-state index < -0.39 is 0 Å². The first-order chi connectivity index (χ1) is 31.7. The van der Waals surface area contributed by atoms with Crippen LogP contribution in [0.5, 0.6) is 0 Å². The van der Waals surface area contributed by atoms with Crippen LogP contribution in [0.3, 0.4) is 0 Å². The van der Waals surface area contributed by atoms with Crippen LogP contribution in [0.2, 0.25) is 0 Å². The molecule has 0 bridgehead atoms. The summed E-state index contributed by atoms with van der Waals surface area (Å²) >= 11 is 0. The minimum Gasteiger partial charge on any atom is -0.247 e. The van der Waals surface area contributed by atoms with Crippen molar-refractivity contribution in [2.45, 2.75) is 0 Å². The molecule has 64 heavy (non-hydrogen) atoms. The van der Waals surface area contributed by atoms with Gasteiger partial charge in [-0.25, -0.2) is 19.9 Å². The Morgan fingerprint density at radius 2 is 0.672 bits per heavy atom. The molecule has 4 nitrogen and oxygen atoms in total. The molecule has 0 radical (unpaired) electrons. The fourth-order valence-electron chi connectivity index (χ4n) is 9.59. The molecule has 0 unspecified atom stereocenters. The third-order valence-corrected chi connectivity index (χ3v) is 12.8. The smallest absolute Gasteiger partial charge is 0.164 e. The van der Waals surface area contributed by atoms with Crippen LogP contribution in [0, 0.1) is 0 Å². The molecular formula is C60H36N4. The monoisotopic (exact) mass is 812 g/mol. The summed E-state index contributed by atoms with van der Waals surface area (Å²) in [7, 11) is 0. The number of rotatable bonds is 5. The highest BCUT2D eigenvalue weighted by Crippen LogP contribution is 2.40. The number of aromatic nitrogens is 4. The fraction of sp³-hybridized carbons (Fsp3) is 0. The van der Waals surface area contributed by atoms with Crippen molar-refractivity contribution in [3.8, 4) is 56.5 Å². The molecule has 0 aliphatic heterocycles. The number of fused-ring (bicyclic) bond motifs is 10. The molecule has 2 heterocycles. The van der Waals surface area contributed by atoms with Gasteiger partial charge in [0.05, 0.1) is 11.2 Å². The van der Waals surface area contributed by atoms with Crippen molar-refractivity contribution >= 4 is 75.5 Å². The van der Waals surface area contributed by atoms with Crippen LogP contribution in [-0.4, -0.2) is 19.9 Å². The van der Waals surface area contributed by atoms with E-state index >= 15 is 0 Å². The van der Waals surface area contributed by atoms with Gasteiger partial charge in [-0.2, -0.15) is 0 Å². The van der Waals surface area contributed by atoms with Gasteiger partial charge in [0.2, 0.25) is 0 Å². The zero-order valence-electron chi connectivity index (χ0n) is 34.6. The Kier molecular flexibility index (Phi) is 8.18. The largest absolute Gasteiger partial charge is 0.247 e. The first-order valence-corrected chi connectivity index (χ1v) is 21.7. The van der Waals surface area contributed by atoms with Gasteiger partial charge >= 0.3 is 0 Å². The number of hydrogen-bond acceptors (Lipinski definition) is 4. The maximum Gasteiger partial charge on any atom is 0.164 e. The maximum absolute atomic E-state index is 5.47. The first-order valence-electron chi connectivity index (χ1n) is 21.7. The summed E-state index contributed by atoms with van der Waals surface area (Å²) < 4.78 is 0. The Morgan fingerprint density at radius 3 is 1.38 bits per heavy atom. The van der Waals surface area contributed by atoms with E-state index in [1.807, 2.05) is 0 Å². The van der Waals surface area contributed by atoms with Crippen molar-refractivity contribution in [3.63, 3.8) is 0 Å². The van der Waals surface area contributed by atoms with E-state index in [9.17, 15) is 0 Å². The molecule has 0 aliphatic rings. The number of benzene rings is 11. The van der Waals surface area contributed by atoms with Crippen LogP contribution in [-0.2, 0) is 0 Å². The van der Waals surface area contributed by atoms with E-state index in [-0.39, 0.29) is 0 Å². The van der Waals surface area contributed by atoms with Gasteiger partial charge < -0.3 is 0 Å². The highest BCUT2D eigenvalue weighted by atomic mass is 15.0. The zero-order chi connectivity index (χ0) is 42.1. The van der Waals surface area contributed by atoms with Gasteiger partial charge in [-0.1, -0.05) is 182 Å². The number of pyridine rings is 1. The highest BCUT2D eigenvalue weighted by molar-refractivity contribution is 6.23. The zero-order valence-corrected chi connectivity index (χ0v) is 34.6. The van der Waals surface area contributed by atoms with Gasteiger partial charge in [-0.3, -0.25) is 0 Å². The lowest BCUT2D eigenvalue weighted by Crippen LogP contribution is -2.00. The van der Waals surface area contributed by atoms with Crippen molar-refractivity contribution in [2.75, 3.05) is 0 Å². The van der Waals surface area contributed by atoms with Crippen LogP contribution in [0.15, 0.2) is 218 Å². The predicted octanol–water partition coefficient (Wildman–Crippen LogP) is 15.7. The Hall–Kier alpha value is -8.60. The Bertz CT molecular complexity index is 3940. The van der Waals surface area contributed by atoms with Gasteiger partial charge in [0.25, 0.3) is 0 Å². The van der Waals surface area contributed by atoms with Gasteiger partial charge in [0.15, 0.2) is 17.5 Å². The Labute approximate surface area is 368 Å². The second kappa shape index (κ2) is 14.5. The third-order valence-electron chi connectivity index (χ3n) is 12.8.